The average Bonchev–Trinajstić information content (AvgIpc) is 3.02. The Labute approximate surface area is 94.4 Å². The molecule has 1 N–H and O–H groups in total. The van der Waals surface area contributed by atoms with Gasteiger partial charge in [-0.1, -0.05) is 26.7 Å². The predicted molar refractivity (Wildman–Crippen MR) is 65.0 cm³/mol. The maximum Gasteiger partial charge on any atom is 0.0218 e. The van der Waals surface area contributed by atoms with Crippen LogP contribution in [-0.2, 0) is 0 Å². The van der Waals surface area contributed by atoms with Gasteiger partial charge in [0.05, 0.1) is 0 Å². The number of piperazine rings is 1. The van der Waals surface area contributed by atoms with Crippen LogP contribution in [0, 0.1) is 11.8 Å². The normalized spacial score (nSPS) is 28.6. The lowest BCUT2D eigenvalue weighted by molar-refractivity contribution is 0.172. The van der Waals surface area contributed by atoms with E-state index in [4.69, 9.17) is 0 Å². The van der Waals surface area contributed by atoms with Crippen molar-refractivity contribution in [3.8, 4) is 0 Å². The maximum atomic E-state index is 3.62. The van der Waals surface area contributed by atoms with Gasteiger partial charge in [-0.3, -0.25) is 0 Å². The molecule has 15 heavy (non-hydrogen) atoms. The fourth-order valence-corrected chi connectivity index (χ4v) is 2.50. The smallest absolute Gasteiger partial charge is 0.0218 e. The van der Waals surface area contributed by atoms with Gasteiger partial charge in [0, 0.05) is 25.7 Å². The van der Waals surface area contributed by atoms with Crippen molar-refractivity contribution in [2.24, 2.45) is 11.8 Å². The lowest BCUT2D eigenvalue weighted by Gasteiger charge is -2.35. The van der Waals surface area contributed by atoms with Crippen LogP contribution in [0.4, 0.5) is 0 Å². The molecule has 0 bridgehead atoms. The molecule has 1 saturated carbocycles. The summed E-state index contributed by atoms with van der Waals surface area (Å²) in [7, 11) is 0. The van der Waals surface area contributed by atoms with E-state index in [-0.39, 0.29) is 0 Å². The van der Waals surface area contributed by atoms with Crippen LogP contribution in [0.3, 0.4) is 0 Å². The molecule has 0 aromatic heterocycles. The Morgan fingerprint density at radius 3 is 2.80 bits per heavy atom. The van der Waals surface area contributed by atoms with Crippen LogP contribution < -0.4 is 5.32 Å². The number of nitrogens with zero attached hydrogens (tertiary/aromatic N) is 1. The summed E-state index contributed by atoms with van der Waals surface area (Å²) in [4.78, 5) is 2.66. The predicted octanol–water partition coefficient (Wildman–Crippen LogP) is 2.11. The van der Waals surface area contributed by atoms with Gasteiger partial charge in [0.2, 0.25) is 0 Å². The summed E-state index contributed by atoms with van der Waals surface area (Å²) >= 11 is 0. The Bertz CT molecular complexity index is 187. The minimum absolute atomic E-state index is 0.722. The first kappa shape index (κ1) is 11.4. The monoisotopic (exact) mass is 210 g/mol. The lowest BCUT2D eigenvalue weighted by Crippen LogP contribution is -2.52. The van der Waals surface area contributed by atoms with Crippen molar-refractivity contribution in [1.82, 2.24) is 10.2 Å². The maximum absolute atomic E-state index is 3.62. The zero-order valence-electron chi connectivity index (χ0n) is 10.3. The molecule has 2 fully saturated rings. The molecule has 2 aliphatic rings. The molecule has 1 heterocycles. The topological polar surface area (TPSA) is 15.3 Å². The molecule has 0 radical (unpaired) electrons. The second-order valence-corrected chi connectivity index (χ2v) is 5.69. The Hall–Kier alpha value is -0.0800. The summed E-state index contributed by atoms with van der Waals surface area (Å²) in [6, 6.07) is 0.722. The van der Waals surface area contributed by atoms with Crippen LogP contribution in [-0.4, -0.2) is 37.1 Å². The van der Waals surface area contributed by atoms with Gasteiger partial charge >= 0.3 is 0 Å². The average molecular weight is 210 g/mol. The molecule has 0 aromatic rings. The molecular formula is C13H26N2. The van der Waals surface area contributed by atoms with E-state index in [1.165, 1.54) is 51.9 Å². The summed E-state index contributed by atoms with van der Waals surface area (Å²) in [5.41, 5.74) is 0. The van der Waals surface area contributed by atoms with Crippen molar-refractivity contribution in [3.05, 3.63) is 0 Å². The summed E-state index contributed by atoms with van der Waals surface area (Å²) in [6.07, 6.45) is 5.93. The van der Waals surface area contributed by atoms with E-state index in [0.717, 1.165) is 17.9 Å². The van der Waals surface area contributed by atoms with Gasteiger partial charge in [-0.25, -0.2) is 0 Å². The highest BCUT2D eigenvalue weighted by Gasteiger charge is 2.23. The first-order chi connectivity index (χ1) is 7.25. The molecule has 0 aromatic carbocycles. The van der Waals surface area contributed by atoms with Crippen molar-refractivity contribution in [1.29, 1.82) is 0 Å². The third kappa shape index (κ3) is 3.76. The molecule has 2 heteroatoms. The zero-order chi connectivity index (χ0) is 10.7. The van der Waals surface area contributed by atoms with Gasteiger partial charge in [0.25, 0.3) is 0 Å². The van der Waals surface area contributed by atoms with E-state index in [2.05, 4.69) is 24.1 Å². The minimum Gasteiger partial charge on any atom is -0.311 e. The van der Waals surface area contributed by atoms with Crippen molar-refractivity contribution >= 4 is 0 Å². The summed E-state index contributed by atoms with van der Waals surface area (Å²) in [6.45, 7) is 9.70. The Morgan fingerprint density at radius 2 is 2.13 bits per heavy atom. The van der Waals surface area contributed by atoms with Gasteiger partial charge in [-0.15, -0.1) is 0 Å². The van der Waals surface area contributed by atoms with Crippen LogP contribution in [0.25, 0.3) is 0 Å². The third-order valence-corrected chi connectivity index (χ3v) is 3.88. The summed E-state index contributed by atoms with van der Waals surface area (Å²) < 4.78 is 0. The molecule has 88 valence electrons. The van der Waals surface area contributed by atoms with Crippen molar-refractivity contribution < 1.29 is 0 Å². The highest BCUT2D eigenvalue weighted by molar-refractivity contribution is 4.81. The number of hydrogen-bond acceptors (Lipinski definition) is 2. The van der Waals surface area contributed by atoms with Crippen LogP contribution >= 0.6 is 0 Å². The molecule has 2 nitrogen and oxygen atoms in total. The fraction of sp³-hybridized carbons (Fsp3) is 1.00. The van der Waals surface area contributed by atoms with Crippen LogP contribution in [0.2, 0.25) is 0 Å². The Morgan fingerprint density at radius 1 is 1.33 bits per heavy atom. The SMILES string of the molecule is CC(C)C1CN(CCCC2CC2)CCN1. The van der Waals surface area contributed by atoms with Crippen LogP contribution in [0.1, 0.15) is 39.5 Å². The molecule has 1 atom stereocenters. The summed E-state index contributed by atoms with van der Waals surface area (Å²) in [5, 5.41) is 3.62. The first-order valence-electron chi connectivity index (χ1n) is 6.71. The van der Waals surface area contributed by atoms with E-state index in [1.807, 2.05) is 0 Å². The quantitative estimate of drug-likeness (QED) is 0.747. The second-order valence-electron chi connectivity index (χ2n) is 5.69. The van der Waals surface area contributed by atoms with E-state index >= 15 is 0 Å². The summed E-state index contributed by atoms with van der Waals surface area (Å²) in [5.74, 6) is 1.88. The molecule has 1 aliphatic heterocycles. The van der Waals surface area contributed by atoms with E-state index in [1.54, 1.807) is 0 Å². The molecular weight excluding hydrogens is 184 g/mol. The minimum atomic E-state index is 0.722. The Kier molecular flexibility index (Phi) is 4.04. The molecule has 1 saturated heterocycles. The molecule has 1 aliphatic carbocycles. The molecule has 1 unspecified atom stereocenters. The van der Waals surface area contributed by atoms with Gasteiger partial charge in [0.1, 0.15) is 0 Å². The van der Waals surface area contributed by atoms with E-state index < -0.39 is 0 Å². The highest BCUT2D eigenvalue weighted by atomic mass is 15.2. The largest absolute Gasteiger partial charge is 0.311 e. The lowest BCUT2D eigenvalue weighted by atomic mass is 10.0. The Balaban J connectivity index is 1.62. The van der Waals surface area contributed by atoms with Crippen LogP contribution in [0.15, 0.2) is 0 Å². The zero-order valence-corrected chi connectivity index (χ0v) is 10.3. The van der Waals surface area contributed by atoms with E-state index in [9.17, 15) is 0 Å². The van der Waals surface area contributed by atoms with E-state index in [0.29, 0.717) is 0 Å². The standard InChI is InChI=1S/C13H26N2/c1-11(2)13-10-15(9-7-14-13)8-3-4-12-5-6-12/h11-14H,3-10H2,1-2H3. The van der Waals surface area contributed by atoms with Crippen molar-refractivity contribution in [2.45, 2.75) is 45.6 Å². The van der Waals surface area contributed by atoms with Crippen LogP contribution in [0.5, 0.6) is 0 Å². The second kappa shape index (κ2) is 5.31. The van der Waals surface area contributed by atoms with Gasteiger partial charge in [-0.2, -0.15) is 0 Å². The number of hydrogen-bond donors (Lipinski definition) is 1. The van der Waals surface area contributed by atoms with Gasteiger partial charge < -0.3 is 10.2 Å². The van der Waals surface area contributed by atoms with Crippen molar-refractivity contribution in [3.63, 3.8) is 0 Å². The molecule has 2 rings (SSSR count). The number of nitrogens with one attached hydrogen (secondary N) is 1. The number of rotatable bonds is 5. The first-order valence-corrected chi connectivity index (χ1v) is 6.71. The molecule has 0 amide bonds. The van der Waals surface area contributed by atoms with Gasteiger partial charge in [0.15, 0.2) is 0 Å². The third-order valence-electron chi connectivity index (χ3n) is 3.88. The van der Waals surface area contributed by atoms with Crippen molar-refractivity contribution in [2.75, 3.05) is 26.2 Å². The fourth-order valence-electron chi connectivity index (χ4n) is 2.50. The molecule has 0 spiro atoms. The highest BCUT2D eigenvalue weighted by Crippen LogP contribution is 2.33. The van der Waals surface area contributed by atoms with Gasteiger partial charge in [-0.05, 0) is 31.2 Å².